The van der Waals surface area contributed by atoms with Gasteiger partial charge in [0.2, 0.25) is 11.8 Å². The molecular formula is C20H24ClN3O2. The SMILES string of the molecule is CCN(CC)c1ccc(NC(=O)CC(=O)Nc2cccc(Cl)c2C)cc1. The van der Waals surface area contributed by atoms with Gasteiger partial charge in [0, 0.05) is 35.2 Å². The highest BCUT2D eigenvalue weighted by Gasteiger charge is 2.12. The molecule has 0 aliphatic heterocycles. The summed E-state index contributed by atoms with van der Waals surface area (Å²) in [5.74, 6) is -0.745. The third-order valence-corrected chi connectivity index (χ3v) is 4.55. The van der Waals surface area contributed by atoms with E-state index >= 15 is 0 Å². The number of hydrogen-bond acceptors (Lipinski definition) is 3. The summed E-state index contributed by atoms with van der Waals surface area (Å²) in [5, 5.41) is 6.03. The van der Waals surface area contributed by atoms with E-state index in [1.54, 1.807) is 18.2 Å². The van der Waals surface area contributed by atoms with Crippen LogP contribution >= 0.6 is 11.6 Å². The van der Waals surface area contributed by atoms with Crippen molar-refractivity contribution in [2.75, 3.05) is 28.6 Å². The minimum absolute atomic E-state index is 0.260. The van der Waals surface area contributed by atoms with Crippen LogP contribution in [0.25, 0.3) is 0 Å². The Morgan fingerprint density at radius 1 is 0.962 bits per heavy atom. The normalized spacial score (nSPS) is 10.3. The van der Waals surface area contributed by atoms with Crippen molar-refractivity contribution in [2.24, 2.45) is 0 Å². The van der Waals surface area contributed by atoms with Crippen molar-refractivity contribution in [3.63, 3.8) is 0 Å². The second-order valence-electron chi connectivity index (χ2n) is 5.90. The minimum atomic E-state index is -0.382. The van der Waals surface area contributed by atoms with Gasteiger partial charge in [0.05, 0.1) is 0 Å². The molecule has 2 aromatic rings. The molecule has 0 radical (unpaired) electrons. The second-order valence-corrected chi connectivity index (χ2v) is 6.31. The maximum atomic E-state index is 12.1. The average molecular weight is 374 g/mol. The first-order valence-corrected chi connectivity index (χ1v) is 9.02. The highest BCUT2D eigenvalue weighted by atomic mass is 35.5. The van der Waals surface area contributed by atoms with Crippen LogP contribution in [0.4, 0.5) is 17.1 Å². The second kappa shape index (κ2) is 9.25. The summed E-state index contributed by atoms with van der Waals surface area (Å²) in [6.07, 6.45) is -0.260. The van der Waals surface area contributed by atoms with Crippen LogP contribution in [0.3, 0.4) is 0 Å². The van der Waals surface area contributed by atoms with E-state index in [0.29, 0.717) is 16.4 Å². The average Bonchev–Trinajstić information content (AvgIpc) is 2.61. The Kier molecular flexibility index (Phi) is 7.04. The zero-order valence-electron chi connectivity index (χ0n) is 15.3. The lowest BCUT2D eigenvalue weighted by Gasteiger charge is -2.21. The number of nitrogens with zero attached hydrogens (tertiary/aromatic N) is 1. The fraction of sp³-hybridized carbons (Fsp3) is 0.300. The smallest absolute Gasteiger partial charge is 0.233 e. The summed E-state index contributed by atoms with van der Waals surface area (Å²) in [6, 6.07) is 12.8. The molecule has 0 aliphatic carbocycles. The molecule has 0 bridgehead atoms. The molecule has 26 heavy (non-hydrogen) atoms. The lowest BCUT2D eigenvalue weighted by atomic mass is 10.2. The van der Waals surface area contributed by atoms with Crippen molar-refractivity contribution in [3.05, 3.63) is 53.1 Å². The standard InChI is InChI=1S/C20H24ClN3O2/c1-4-24(5-2)16-11-9-15(10-12-16)22-19(25)13-20(26)23-18-8-6-7-17(21)14(18)3/h6-12H,4-5,13H2,1-3H3,(H,22,25)(H,23,26). The molecule has 2 N–H and O–H groups in total. The van der Waals surface area contributed by atoms with Crippen molar-refractivity contribution < 1.29 is 9.59 Å². The summed E-state index contributed by atoms with van der Waals surface area (Å²) in [7, 11) is 0. The molecule has 0 spiro atoms. The Morgan fingerprint density at radius 2 is 1.58 bits per heavy atom. The van der Waals surface area contributed by atoms with Gasteiger partial charge in [-0.15, -0.1) is 0 Å². The van der Waals surface area contributed by atoms with E-state index in [0.717, 1.165) is 24.3 Å². The molecule has 0 atom stereocenters. The molecule has 2 amide bonds. The maximum absolute atomic E-state index is 12.1. The summed E-state index contributed by atoms with van der Waals surface area (Å²) in [4.78, 5) is 26.4. The molecule has 0 saturated carbocycles. The van der Waals surface area contributed by atoms with Gasteiger partial charge in [0.15, 0.2) is 0 Å². The van der Waals surface area contributed by atoms with Gasteiger partial charge in [-0.05, 0) is 62.7 Å². The van der Waals surface area contributed by atoms with Gasteiger partial charge in [0.25, 0.3) is 0 Å². The Bertz CT molecular complexity index is 771. The third kappa shape index (κ3) is 5.23. The minimum Gasteiger partial charge on any atom is -0.372 e. The fourth-order valence-electron chi connectivity index (χ4n) is 2.63. The van der Waals surface area contributed by atoms with Crippen LogP contribution in [-0.4, -0.2) is 24.9 Å². The van der Waals surface area contributed by atoms with Gasteiger partial charge >= 0.3 is 0 Å². The van der Waals surface area contributed by atoms with Crippen LogP contribution in [0.1, 0.15) is 25.8 Å². The van der Waals surface area contributed by atoms with Gasteiger partial charge in [-0.25, -0.2) is 0 Å². The van der Waals surface area contributed by atoms with E-state index in [2.05, 4.69) is 29.4 Å². The zero-order chi connectivity index (χ0) is 19.1. The Labute approximate surface area is 159 Å². The van der Waals surface area contributed by atoms with Gasteiger partial charge in [0.1, 0.15) is 6.42 Å². The molecule has 6 heteroatoms. The highest BCUT2D eigenvalue weighted by molar-refractivity contribution is 6.31. The van der Waals surface area contributed by atoms with E-state index in [4.69, 9.17) is 11.6 Å². The van der Waals surface area contributed by atoms with Crippen LogP contribution in [0, 0.1) is 6.92 Å². The monoisotopic (exact) mass is 373 g/mol. The number of carbonyl (C=O) groups excluding carboxylic acids is 2. The number of nitrogens with one attached hydrogen (secondary N) is 2. The highest BCUT2D eigenvalue weighted by Crippen LogP contribution is 2.23. The molecule has 2 aromatic carbocycles. The van der Waals surface area contributed by atoms with E-state index < -0.39 is 0 Å². The molecule has 0 saturated heterocycles. The van der Waals surface area contributed by atoms with Gasteiger partial charge < -0.3 is 15.5 Å². The lowest BCUT2D eigenvalue weighted by molar-refractivity contribution is -0.123. The lowest BCUT2D eigenvalue weighted by Crippen LogP contribution is -2.22. The number of rotatable bonds is 7. The summed E-state index contributed by atoms with van der Waals surface area (Å²) < 4.78 is 0. The molecule has 5 nitrogen and oxygen atoms in total. The first-order valence-electron chi connectivity index (χ1n) is 8.64. The molecule has 0 aromatic heterocycles. The van der Waals surface area contributed by atoms with Crippen molar-refractivity contribution in [1.82, 2.24) is 0 Å². The Hall–Kier alpha value is -2.53. The first kappa shape index (κ1) is 19.8. The number of amides is 2. The number of benzene rings is 2. The van der Waals surface area contributed by atoms with Crippen LogP contribution < -0.4 is 15.5 Å². The molecule has 0 unspecified atom stereocenters. The molecule has 0 fully saturated rings. The van der Waals surface area contributed by atoms with E-state index in [1.165, 1.54) is 0 Å². The number of carbonyl (C=O) groups is 2. The van der Waals surface area contributed by atoms with Crippen molar-refractivity contribution in [2.45, 2.75) is 27.2 Å². The fourth-order valence-corrected chi connectivity index (χ4v) is 2.81. The first-order chi connectivity index (χ1) is 12.4. The number of hydrogen-bond donors (Lipinski definition) is 2. The molecule has 0 heterocycles. The van der Waals surface area contributed by atoms with Crippen molar-refractivity contribution in [3.8, 4) is 0 Å². The van der Waals surface area contributed by atoms with Crippen LogP contribution in [0.5, 0.6) is 0 Å². The van der Waals surface area contributed by atoms with E-state index in [-0.39, 0.29) is 18.2 Å². The summed E-state index contributed by atoms with van der Waals surface area (Å²) in [5.41, 5.74) is 3.15. The predicted octanol–water partition coefficient (Wildman–Crippen LogP) is 4.46. The summed E-state index contributed by atoms with van der Waals surface area (Å²) >= 11 is 6.03. The van der Waals surface area contributed by atoms with Gasteiger partial charge in [-0.1, -0.05) is 17.7 Å². The van der Waals surface area contributed by atoms with E-state index in [1.807, 2.05) is 31.2 Å². The van der Waals surface area contributed by atoms with Crippen molar-refractivity contribution >= 4 is 40.5 Å². The molecular weight excluding hydrogens is 350 g/mol. The van der Waals surface area contributed by atoms with E-state index in [9.17, 15) is 9.59 Å². The molecule has 0 aliphatic rings. The predicted molar refractivity (Wildman–Crippen MR) is 108 cm³/mol. The van der Waals surface area contributed by atoms with Crippen molar-refractivity contribution in [1.29, 1.82) is 0 Å². The third-order valence-electron chi connectivity index (χ3n) is 4.14. The Balaban J connectivity index is 1.91. The molecule has 2 rings (SSSR count). The van der Waals surface area contributed by atoms with Crippen LogP contribution in [-0.2, 0) is 9.59 Å². The largest absolute Gasteiger partial charge is 0.372 e. The quantitative estimate of drug-likeness (QED) is 0.704. The Morgan fingerprint density at radius 3 is 2.19 bits per heavy atom. The number of halogens is 1. The number of anilines is 3. The van der Waals surface area contributed by atoms with Gasteiger partial charge in [-0.2, -0.15) is 0 Å². The topological polar surface area (TPSA) is 61.4 Å². The van der Waals surface area contributed by atoms with Gasteiger partial charge in [-0.3, -0.25) is 9.59 Å². The maximum Gasteiger partial charge on any atom is 0.233 e. The molecule has 138 valence electrons. The summed E-state index contributed by atoms with van der Waals surface area (Å²) in [6.45, 7) is 7.85. The van der Waals surface area contributed by atoms with Crippen LogP contribution in [0.15, 0.2) is 42.5 Å². The zero-order valence-corrected chi connectivity index (χ0v) is 16.1. The van der Waals surface area contributed by atoms with Crippen LogP contribution in [0.2, 0.25) is 5.02 Å².